The summed E-state index contributed by atoms with van der Waals surface area (Å²) in [4.78, 5) is 22.6. The average Bonchev–Trinajstić information content (AvgIpc) is 3.20. The Morgan fingerprint density at radius 2 is 1.69 bits per heavy atom. The van der Waals surface area contributed by atoms with Gasteiger partial charge in [0.15, 0.2) is 5.75 Å². The first-order valence-corrected chi connectivity index (χ1v) is 13.1. The Bertz CT molecular complexity index is 1380. The molecule has 3 N–H and O–H groups in total. The second kappa shape index (κ2) is 11.1. The van der Waals surface area contributed by atoms with E-state index in [1.165, 1.54) is 25.2 Å². The summed E-state index contributed by atoms with van der Waals surface area (Å²) in [6.07, 6.45) is 4.49. The standard InChI is InChI=1S/C24H22N2O3.C6H15N/c1-13-18(16-8-4-5-9-19(16)25-13)12-20-23(27)21(24(28)29)17-11-10-14-6-2-3-7-15(14)22(17)26-20;1-4-7(5-2)6-3/h4-5,8-11,25,27H,2-3,6-7,12H2,1H3,(H,28,29);4-6H2,1-3H3. The van der Waals surface area contributed by atoms with Crippen LogP contribution in [0.4, 0.5) is 0 Å². The molecule has 6 heteroatoms. The minimum absolute atomic E-state index is 0.0455. The van der Waals surface area contributed by atoms with Gasteiger partial charge in [-0.15, -0.1) is 0 Å². The van der Waals surface area contributed by atoms with Crippen molar-refractivity contribution in [3.05, 3.63) is 70.0 Å². The number of carboxylic acids is 1. The number of hydrogen-bond acceptors (Lipinski definition) is 4. The minimum Gasteiger partial charge on any atom is -0.505 e. The lowest BCUT2D eigenvalue weighted by molar-refractivity contribution is 0.0695. The highest BCUT2D eigenvalue weighted by Gasteiger charge is 2.24. The van der Waals surface area contributed by atoms with Crippen LogP contribution < -0.4 is 0 Å². The zero-order valence-corrected chi connectivity index (χ0v) is 21.8. The molecule has 0 unspecified atom stereocenters. The van der Waals surface area contributed by atoms with Gasteiger partial charge >= 0.3 is 5.97 Å². The Morgan fingerprint density at radius 3 is 2.36 bits per heavy atom. The number of benzene rings is 2. The molecule has 0 saturated carbocycles. The maximum Gasteiger partial charge on any atom is 0.340 e. The molecule has 2 aromatic heterocycles. The van der Waals surface area contributed by atoms with E-state index in [-0.39, 0.29) is 11.3 Å². The number of hydrogen-bond donors (Lipinski definition) is 3. The molecular formula is C30H37N3O3. The summed E-state index contributed by atoms with van der Waals surface area (Å²) in [5.41, 5.74) is 6.53. The van der Waals surface area contributed by atoms with Crippen LogP contribution in [0.15, 0.2) is 36.4 Å². The van der Waals surface area contributed by atoms with Crippen LogP contribution >= 0.6 is 0 Å². The van der Waals surface area contributed by atoms with Gasteiger partial charge in [0.2, 0.25) is 0 Å². The highest BCUT2D eigenvalue weighted by atomic mass is 16.4. The molecule has 5 rings (SSSR count). The molecular weight excluding hydrogens is 450 g/mol. The Hall–Kier alpha value is -3.38. The van der Waals surface area contributed by atoms with Gasteiger partial charge in [-0.05, 0) is 75.0 Å². The van der Waals surface area contributed by atoms with Crippen molar-refractivity contribution in [2.75, 3.05) is 19.6 Å². The Morgan fingerprint density at radius 1 is 1.00 bits per heavy atom. The number of aromatic hydroxyl groups is 1. The number of pyridine rings is 1. The smallest absolute Gasteiger partial charge is 0.340 e. The molecule has 0 fully saturated rings. The average molecular weight is 488 g/mol. The van der Waals surface area contributed by atoms with Crippen molar-refractivity contribution in [3.63, 3.8) is 0 Å². The molecule has 0 amide bonds. The van der Waals surface area contributed by atoms with E-state index in [0.29, 0.717) is 17.5 Å². The second-order valence-electron chi connectivity index (χ2n) is 9.46. The highest BCUT2D eigenvalue weighted by Crippen LogP contribution is 2.36. The molecule has 190 valence electrons. The van der Waals surface area contributed by atoms with Crippen molar-refractivity contribution in [3.8, 4) is 5.75 Å². The van der Waals surface area contributed by atoms with E-state index in [4.69, 9.17) is 4.98 Å². The van der Waals surface area contributed by atoms with Gasteiger partial charge in [0.25, 0.3) is 0 Å². The maximum atomic E-state index is 12.0. The predicted molar refractivity (Wildman–Crippen MR) is 146 cm³/mol. The third-order valence-electron chi connectivity index (χ3n) is 7.46. The summed E-state index contributed by atoms with van der Waals surface area (Å²) in [6.45, 7) is 12.1. The van der Waals surface area contributed by atoms with E-state index in [2.05, 4.69) is 30.7 Å². The van der Waals surface area contributed by atoms with Crippen LogP contribution in [0.1, 0.15) is 72.0 Å². The molecule has 36 heavy (non-hydrogen) atoms. The lowest BCUT2D eigenvalue weighted by Gasteiger charge is -2.19. The van der Waals surface area contributed by atoms with Crippen molar-refractivity contribution in [1.82, 2.24) is 14.9 Å². The van der Waals surface area contributed by atoms with Gasteiger partial charge in [-0.2, -0.15) is 0 Å². The van der Waals surface area contributed by atoms with Crippen molar-refractivity contribution in [2.24, 2.45) is 0 Å². The Labute approximate surface area is 213 Å². The first-order chi connectivity index (χ1) is 17.4. The third-order valence-corrected chi connectivity index (χ3v) is 7.46. The first-order valence-electron chi connectivity index (χ1n) is 13.1. The van der Waals surface area contributed by atoms with Gasteiger partial charge in [0.05, 0.1) is 11.2 Å². The molecule has 2 aromatic carbocycles. The molecule has 4 aromatic rings. The zero-order chi connectivity index (χ0) is 25.8. The van der Waals surface area contributed by atoms with E-state index < -0.39 is 5.97 Å². The highest BCUT2D eigenvalue weighted by molar-refractivity contribution is 6.06. The normalized spacial score (nSPS) is 13.0. The van der Waals surface area contributed by atoms with Crippen LogP contribution in [-0.4, -0.2) is 50.7 Å². The molecule has 1 aliphatic carbocycles. The monoisotopic (exact) mass is 487 g/mol. The molecule has 0 aliphatic heterocycles. The van der Waals surface area contributed by atoms with Crippen LogP contribution in [0, 0.1) is 6.92 Å². The summed E-state index contributed by atoms with van der Waals surface area (Å²) in [7, 11) is 0. The summed E-state index contributed by atoms with van der Waals surface area (Å²) >= 11 is 0. The van der Waals surface area contributed by atoms with Crippen LogP contribution in [0.2, 0.25) is 0 Å². The van der Waals surface area contributed by atoms with Crippen molar-refractivity contribution in [2.45, 2.75) is 59.8 Å². The SMILES string of the molecule is CCN(CC)CC.Cc1[nH]c2ccccc2c1Cc1nc2c3c(ccc2c(C(=O)O)c1O)CCCC3. The van der Waals surface area contributed by atoms with Gasteiger partial charge in [-0.3, -0.25) is 0 Å². The summed E-state index contributed by atoms with van der Waals surface area (Å²) < 4.78 is 0. The second-order valence-corrected chi connectivity index (χ2v) is 9.46. The number of nitrogens with one attached hydrogen (secondary N) is 1. The van der Waals surface area contributed by atoms with Gasteiger partial charge in [-0.1, -0.05) is 51.1 Å². The molecule has 0 saturated heterocycles. The Kier molecular flexibility index (Phi) is 7.94. The van der Waals surface area contributed by atoms with Crippen LogP contribution in [0.3, 0.4) is 0 Å². The number of carboxylic acid groups (broad SMARTS) is 1. The molecule has 6 nitrogen and oxygen atoms in total. The van der Waals surface area contributed by atoms with Crippen molar-refractivity contribution >= 4 is 27.8 Å². The Balaban J connectivity index is 0.000000384. The van der Waals surface area contributed by atoms with Crippen molar-refractivity contribution in [1.29, 1.82) is 0 Å². The van der Waals surface area contributed by atoms with E-state index in [0.717, 1.165) is 58.9 Å². The van der Waals surface area contributed by atoms with Crippen LogP contribution in [0.25, 0.3) is 21.8 Å². The topological polar surface area (TPSA) is 89.5 Å². The number of nitrogens with zero attached hydrogens (tertiary/aromatic N) is 2. The summed E-state index contributed by atoms with van der Waals surface area (Å²) in [5.74, 6) is -1.35. The fourth-order valence-corrected chi connectivity index (χ4v) is 5.34. The van der Waals surface area contributed by atoms with Gasteiger partial charge < -0.3 is 20.1 Å². The molecule has 1 aliphatic rings. The van der Waals surface area contributed by atoms with E-state index in [9.17, 15) is 15.0 Å². The molecule has 0 radical (unpaired) electrons. The maximum absolute atomic E-state index is 12.0. The number of para-hydroxylation sites is 1. The van der Waals surface area contributed by atoms with Crippen LogP contribution in [0.5, 0.6) is 5.75 Å². The molecule has 2 heterocycles. The zero-order valence-electron chi connectivity index (χ0n) is 21.8. The largest absolute Gasteiger partial charge is 0.505 e. The number of aromatic amines is 1. The van der Waals surface area contributed by atoms with Crippen LogP contribution in [-0.2, 0) is 19.3 Å². The van der Waals surface area contributed by atoms with E-state index in [1.54, 1.807) is 6.07 Å². The number of aromatic nitrogens is 2. The van der Waals surface area contributed by atoms with Gasteiger partial charge in [0.1, 0.15) is 5.56 Å². The van der Waals surface area contributed by atoms with Gasteiger partial charge in [0, 0.05) is 28.4 Å². The van der Waals surface area contributed by atoms with Gasteiger partial charge in [-0.25, -0.2) is 9.78 Å². The fourth-order valence-electron chi connectivity index (χ4n) is 5.34. The minimum atomic E-state index is -1.12. The molecule has 0 spiro atoms. The summed E-state index contributed by atoms with van der Waals surface area (Å²) in [5, 5.41) is 22.3. The third kappa shape index (κ3) is 4.96. The van der Waals surface area contributed by atoms with E-state index >= 15 is 0 Å². The number of aryl methyl sites for hydroxylation is 3. The number of rotatable bonds is 6. The number of carbonyl (C=O) groups is 1. The quantitative estimate of drug-likeness (QED) is 0.299. The molecule has 0 atom stereocenters. The lowest BCUT2D eigenvalue weighted by atomic mass is 9.88. The number of aromatic carboxylic acids is 1. The number of fused-ring (bicyclic) bond motifs is 4. The number of H-pyrrole nitrogens is 1. The van der Waals surface area contributed by atoms with E-state index in [1.807, 2.05) is 37.3 Å². The predicted octanol–water partition coefficient (Wildman–Crippen LogP) is 6.25. The van der Waals surface area contributed by atoms with Crippen molar-refractivity contribution < 1.29 is 15.0 Å². The lowest BCUT2D eigenvalue weighted by Crippen LogP contribution is -2.21. The summed E-state index contributed by atoms with van der Waals surface area (Å²) in [6, 6.07) is 11.8. The molecule has 0 bridgehead atoms. The first kappa shape index (κ1) is 25.7. The fraction of sp³-hybridized carbons (Fsp3) is 0.400.